The van der Waals surface area contributed by atoms with Crippen molar-refractivity contribution in [3.05, 3.63) is 101 Å². The number of carbonyl (C=O) groups excluding carboxylic acids is 1. The zero-order valence-corrected chi connectivity index (χ0v) is 19.2. The van der Waals surface area contributed by atoms with Crippen LogP contribution < -0.4 is 4.74 Å². The number of hydrogen-bond acceptors (Lipinski definition) is 5. The van der Waals surface area contributed by atoms with E-state index in [-0.39, 0.29) is 30.1 Å². The minimum Gasteiger partial charge on any atom is -0.485 e. The van der Waals surface area contributed by atoms with Crippen LogP contribution >= 0.6 is 0 Å². The van der Waals surface area contributed by atoms with Crippen LogP contribution in [0.15, 0.2) is 60.8 Å². The van der Waals surface area contributed by atoms with Gasteiger partial charge in [0.15, 0.2) is 17.2 Å². The molecule has 4 aromatic rings. The molecule has 2 aromatic heterocycles. The van der Waals surface area contributed by atoms with Gasteiger partial charge in [-0.3, -0.25) is 9.20 Å². The molecule has 0 unspecified atom stereocenters. The molecule has 5 rings (SSSR count). The number of aliphatic hydroxyl groups excluding tert-OH is 2. The number of carbonyl (C=O) groups is 1. The van der Waals surface area contributed by atoms with E-state index in [4.69, 9.17) is 4.74 Å². The van der Waals surface area contributed by atoms with Crippen LogP contribution in [0.5, 0.6) is 5.75 Å². The molecule has 0 spiro atoms. The Morgan fingerprint density at radius 2 is 1.80 bits per heavy atom. The maximum absolute atomic E-state index is 14.0. The summed E-state index contributed by atoms with van der Waals surface area (Å²) < 4.78 is 35.3. The van der Waals surface area contributed by atoms with E-state index in [9.17, 15) is 23.8 Å². The van der Waals surface area contributed by atoms with Gasteiger partial charge in [-0.25, -0.2) is 13.8 Å². The predicted molar refractivity (Wildman–Crippen MR) is 124 cm³/mol. The number of aromatic nitrogens is 2. The Labute approximate surface area is 200 Å². The molecular weight excluding hydrogens is 454 g/mol. The van der Waals surface area contributed by atoms with Gasteiger partial charge in [0.2, 0.25) is 0 Å². The van der Waals surface area contributed by atoms with Crippen LogP contribution in [0.3, 0.4) is 0 Å². The summed E-state index contributed by atoms with van der Waals surface area (Å²) in [7, 11) is 0. The smallest absolute Gasteiger partial charge is 0.182 e. The van der Waals surface area contributed by atoms with Gasteiger partial charge in [0.1, 0.15) is 30.0 Å². The highest BCUT2D eigenvalue weighted by Crippen LogP contribution is 2.47. The lowest BCUT2D eigenvalue weighted by molar-refractivity contribution is -0.0111. The van der Waals surface area contributed by atoms with Crippen LogP contribution in [0.25, 0.3) is 5.65 Å². The van der Waals surface area contributed by atoms with Crippen molar-refractivity contribution in [2.24, 2.45) is 0 Å². The van der Waals surface area contributed by atoms with E-state index in [1.165, 1.54) is 6.07 Å². The molecule has 2 aromatic carbocycles. The van der Waals surface area contributed by atoms with Crippen molar-refractivity contribution >= 4 is 11.4 Å². The molecule has 0 fully saturated rings. The fraction of sp³-hybridized carbons (Fsp3) is 0.259. The number of nitrogens with zero attached hydrogens (tertiary/aromatic N) is 2. The summed E-state index contributed by atoms with van der Waals surface area (Å²) in [6.07, 6.45) is -0.610. The van der Waals surface area contributed by atoms with E-state index in [1.54, 1.807) is 48.7 Å². The van der Waals surface area contributed by atoms with Gasteiger partial charge in [-0.2, -0.15) is 0 Å². The van der Waals surface area contributed by atoms with E-state index < -0.39 is 29.3 Å². The highest BCUT2D eigenvalue weighted by atomic mass is 19.1. The van der Waals surface area contributed by atoms with Crippen LogP contribution in [0.2, 0.25) is 0 Å². The van der Waals surface area contributed by atoms with Crippen molar-refractivity contribution in [3.8, 4) is 5.75 Å². The van der Waals surface area contributed by atoms with Crippen LogP contribution in [-0.4, -0.2) is 31.5 Å². The van der Waals surface area contributed by atoms with Crippen LogP contribution in [0.4, 0.5) is 8.78 Å². The standard InChI is InChI=1S/C27H24F2N2O4/c1-15-23(21(32)13-27(2)18-8-4-3-7-16(18)24(33)25(27)34)31-12-6-11-22(26(31)30-15)35-14-17-19(28)9-5-10-20(17)29/h3-12,24-25,33-34H,13-14H2,1-2H3/t24-,25-,27+/m0/s1. The number of rotatable bonds is 6. The molecule has 180 valence electrons. The molecule has 6 nitrogen and oxygen atoms in total. The number of halogens is 2. The summed E-state index contributed by atoms with van der Waals surface area (Å²) in [4.78, 5) is 18.0. The van der Waals surface area contributed by atoms with Gasteiger partial charge in [-0.15, -0.1) is 0 Å². The Kier molecular flexibility index (Phi) is 5.65. The molecule has 0 saturated heterocycles. The average molecular weight is 478 g/mol. The largest absolute Gasteiger partial charge is 0.485 e. The number of ether oxygens (including phenoxy) is 1. The summed E-state index contributed by atoms with van der Waals surface area (Å²) in [6, 6.07) is 14.0. The quantitative estimate of drug-likeness (QED) is 0.401. The number of imidazole rings is 1. The number of benzene rings is 2. The fourth-order valence-corrected chi connectivity index (χ4v) is 4.99. The minimum absolute atomic E-state index is 0.0532. The predicted octanol–water partition coefficient (Wildman–Crippen LogP) is 4.44. The lowest BCUT2D eigenvalue weighted by Gasteiger charge is -2.29. The van der Waals surface area contributed by atoms with E-state index in [0.717, 1.165) is 17.7 Å². The normalized spacial score (nSPS) is 21.3. The summed E-state index contributed by atoms with van der Waals surface area (Å²) >= 11 is 0. The third-order valence-electron chi connectivity index (χ3n) is 6.86. The van der Waals surface area contributed by atoms with Crippen molar-refractivity contribution < 1.29 is 28.5 Å². The molecule has 8 heteroatoms. The monoisotopic (exact) mass is 478 g/mol. The Morgan fingerprint density at radius 3 is 2.54 bits per heavy atom. The van der Waals surface area contributed by atoms with Gasteiger partial charge in [-0.1, -0.05) is 37.3 Å². The zero-order chi connectivity index (χ0) is 24.9. The lowest BCUT2D eigenvalue weighted by atomic mass is 9.77. The Hall–Kier alpha value is -3.62. The van der Waals surface area contributed by atoms with Crippen LogP contribution in [0.1, 0.15) is 52.3 Å². The average Bonchev–Trinajstić information content (AvgIpc) is 3.27. The third kappa shape index (κ3) is 3.69. The van der Waals surface area contributed by atoms with E-state index in [0.29, 0.717) is 22.6 Å². The fourth-order valence-electron chi connectivity index (χ4n) is 4.99. The van der Waals surface area contributed by atoms with Crippen LogP contribution in [-0.2, 0) is 12.0 Å². The van der Waals surface area contributed by atoms with Gasteiger partial charge < -0.3 is 14.9 Å². The molecule has 0 aliphatic heterocycles. The number of Topliss-reactive ketones (excluding diaryl/α,β-unsaturated/α-hetero) is 1. The summed E-state index contributed by atoms with van der Waals surface area (Å²) in [5, 5.41) is 21.4. The molecule has 0 saturated carbocycles. The van der Waals surface area contributed by atoms with Crippen molar-refractivity contribution in [1.82, 2.24) is 9.38 Å². The second-order valence-electron chi connectivity index (χ2n) is 9.10. The third-order valence-corrected chi connectivity index (χ3v) is 6.86. The molecule has 0 bridgehead atoms. The van der Waals surface area contributed by atoms with Gasteiger partial charge in [-0.05, 0) is 42.3 Å². The highest BCUT2D eigenvalue weighted by Gasteiger charge is 2.49. The Morgan fingerprint density at radius 1 is 1.09 bits per heavy atom. The van der Waals surface area contributed by atoms with Gasteiger partial charge >= 0.3 is 0 Å². The molecule has 1 aliphatic carbocycles. The number of pyridine rings is 1. The summed E-state index contributed by atoms with van der Waals surface area (Å²) in [5.74, 6) is -1.42. The van der Waals surface area contributed by atoms with E-state index in [2.05, 4.69) is 4.98 Å². The first-order valence-corrected chi connectivity index (χ1v) is 11.2. The molecular formula is C27H24F2N2O4. The molecule has 1 aliphatic rings. The van der Waals surface area contributed by atoms with E-state index >= 15 is 0 Å². The maximum Gasteiger partial charge on any atom is 0.182 e. The molecule has 0 amide bonds. The molecule has 2 N–H and O–H groups in total. The zero-order valence-electron chi connectivity index (χ0n) is 19.2. The maximum atomic E-state index is 14.0. The van der Waals surface area contributed by atoms with Crippen molar-refractivity contribution in [1.29, 1.82) is 0 Å². The topological polar surface area (TPSA) is 84.1 Å². The summed E-state index contributed by atoms with van der Waals surface area (Å²) in [5.41, 5.74) is 1.26. The molecule has 0 radical (unpaired) electrons. The highest BCUT2D eigenvalue weighted by molar-refractivity contribution is 5.97. The number of ketones is 1. The first kappa shape index (κ1) is 23.1. The van der Waals surface area contributed by atoms with Crippen molar-refractivity contribution in [2.75, 3.05) is 0 Å². The number of fused-ring (bicyclic) bond motifs is 2. The van der Waals surface area contributed by atoms with Crippen molar-refractivity contribution in [3.63, 3.8) is 0 Å². The first-order chi connectivity index (χ1) is 16.7. The first-order valence-electron chi connectivity index (χ1n) is 11.2. The van der Waals surface area contributed by atoms with Gasteiger partial charge in [0, 0.05) is 18.0 Å². The summed E-state index contributed by atoms with van der Waals surface area (Å²) in [6.45, 7) is 3.11. The van der Waals surface area contributed by atoms with Gasteiger partial charge in [0.05, 0.1) is 17.4 Å². The number of hydrogen-bond donors (Lipinski definition) is 2. The number of aryl methyl sites for hydroxylation is 1. The molecule has 3 atom stereocenters. The molecule has 35 heavy (non-hydrogen) atoms. The Bertz CT molecular complexity index is 1430. The lowest BCUT2D eigenvalue weighted by Crippen LogP contribution is -2.37. The Balaban J connectivity index is 1.47. The second kappa shape index (κ2) is 8.55. The number of aliphatic hydroxyl groups is 2. The second-order valence-corrected chi connectivity index (χ2v) is 9.10. The SMILES string of the molecule is Cc1nc2c(OCc3c(F)cccc3F)cccn2c1C(=O)C[C@]1(C)c2ccccc2[C@H](O)[C@@H]1O. The van der Waals surface area contributed by atoms with Crippen LogP contribution in [0, 0.1) is 18.6 Å². The minimum atomic E-state index is -1.14. The molecule has 2 heterocycles. The van der Waals surface area contributed by atoms with E-state index in [1.807, 2.05) is 12.1 Å². The van der Waals surface area contributed by atoms with Gasteiger partial charge in [0.25, 0.3) is 0 Å². The van der Waals surface area contributed by atoms with Crippen molar-refractivity contribution in [2.45, 2.75) is 44.5 Å².